The number of hydrogen-bond donors (Lipinski definition) is 1. The summed E-state index contributed by atoms with van der Waals surface area (Å²) in [4.78, 5) is 18.8. The number of rotatable bonds is 6. The number of pyridine rings is 1. The van der Waals surface area contributed by atoms with Gasteiger partial charge in [0.1, 0.15) is 5.69 Å². The third kappa shape index (κ3) is 5.31. The lowest BCUT2D eigenvalue weighted by atomic mass is 10.1. The molecule has 1 aliphatic rings. The Bertz CT molecular complexity index is 647. The smallest absolute Gasteiger partial charge is 0.272 e. The molecule has 2 heterocycles. The predicted molar refractivity (Wildman–Crippen MR) is 102 cm³/mol. The van der Waals surface area contributed by atoms with Crippen LogP contribution in [0.2, 0.25) is 0 Å². The number of nitrogens with one attached hydrogen (secondary N) is 1. The van der Waals surface area contributed by atoms with Crippen LogP contribution in [0.15, 0.2) is 48.7 Å². The van der Waals surface area contributed by atoms with Gasteiger partial charge in [0.2, 0.25) is 0 Å². The summed E-state index contributed by atoms with van der Waals surface area (Å²) in [6.07, 6.45) is 8.56. The number of amides is 1. The minimum Gasteiger partial charge on any atom is -0.384 e. The molecule has 0 radical (unpaired) electrons. The van der Waals surface area contributed by atoms with E-state index in [0.29, 0.717) is 5.69 Å². The molecular weight excluding hydrogens is 310 g/mol. The van der Waals surface area contributed by atoms with Gasteiger partial charge in [0.05, 0.1) is 11.9 Å². The van der Waals surface area contributed by atoms with Crippen molar-refractivity contribution in [3.05, 3.63) is 59.9 Å². The van der Waals surface area contributed by atoms with Gasteiger partial charge in [-0.3, -0.25) is 4.79 Å². The quantitative estimate of drug-likeness (QED) is 0.806. The monoisotopic (exact) mass is 337 g/mol. The predicted octanol–water partition coefficient (Wildman–Crippen LogP) is 4.14. The van der Waals surface area contributed by atoms with E-state index >= 15 is 0 Å². The first-order valence-electron chi connectivity index (χ1n) is 9.36. The highest BCUT2D eigenvalue weighted by molar-refractivity contribution is 5.92. The third-order valence-corrected chi connectivity index (χ3v) is 4.69. The number of benzene rings is 1. The van der Waals surface area contributed by atoms with E-state index in [1.54, 1.807) is 6.20 Å². The molecule has 1 N–H and O–H groups in total. The topological polar surface area (TPSA) is 45.2 Å². The molecule has 0 atom stereocenters. The Morgan fingerprint density at radius 3 is 2.44 bits per heavy atom. The van der Waals surface area contributed by atoms with E-state index in [2.05, 4.69) is 34.6 Å². The Hall–Kier alpha value is -2.36. The van der Waals surface area contributed by atoms with E-state index in [1.807, 2.05) is 23.1 Å². The van der Waals surface area contributed by atoms with Crippen molar-refractivity contribution in [2.24, 2.45) is 0 Å². The molecule has 2 aromatic rings. The van der Waals surface area contributed by atoms with Crippen LogP contribution < -0.4 is 5.32 Å². The largest absolute Gasteiger partial charge is 0.384 e. The van der Waals surface area contributed by atoms with Crippen LogP contribution in [0.3, 0.4) is 0 Å². The molecule has 0 saturated carbocycles. The van der Waals surface area contributed by atoms with Crippen LogP contribution in [0.25, 0.3) is 0 Å². The lowest BCUT2D eigenvalue weighted by Crippen LogP contribution is -2.32. The van der Waals surface area contributed by atoms with Crippen molar-refractivity contribution in [1.29, 1.82) is 0 Å². The van der Waals surface area contributed by atoms with Crippen LogP contribution in [0.5, 0.6) is 0 Å². The summed E-state index contributed by atoms with van der Waals surface area (Å²) in [5.41, 5.74) is 2.89. The number of nitrogens with zero attached hydrogens (tertiary/aromatic N) is 2. The fourth-order valence-corrected chi connectivity index (χ4v) is 3.23. The summed E-state index contributed by atoms with van der Waals surface area (Å²) < 4.78 is 0. The molecule has 1 amide bonds. The van der Waals surface area contributed by atoms with Gasteiger partial charge in [-0.15, -0.1) is 0 Å². The van der Waals surface area contributed by atoms with Crippen molar-refractivity contribution < 1.29 is 4.79 Å². The first-order valence-corrected chi connectivity index (χ1v) is 9.36. The highest BCUT2D eigenvalue weighted by atomic mass is 16.2. The van der Waals surface area contributed by atoms with Gasteiger partial charge in [-0.1, -0.05) is 43.2 Å². The van der Waals surface area contributed by atoms with E-state index in [9.17, 15) is 4.79 Å². The molecule has 0 bridgehead atoms. The molecule has 1 aromatic carbocycles. The molecule has 4 nitrogen and oxygen atoms in total. The number of anilines is 1. The number of carbonyl (C=O) groups excluding carboxylic acids is 1. The second-order valence-electron chi connectivity index (χ2n) is 6.65. The molecule has 1 aliphatic heterocycles. The number of aryl methyl sites for hydroxylation is 1. The Kier molecular flexibility index (Phi) is 6.43. The minimum absolute atomic E-state index is 0.0672. The van der Waals surface area contributed by atoms with Crippen molar-refractivity contribution in [2.75, 3.05) is 25.0 Å². The van der Waals surface area contributed by atoms with Crippen LogP contribution in [0.4, 0.5) is 5.69 Å². The summed E-state index contributed by atoms with van der Waals surface area (Å²) >= 11 is 0. The van der Waals surface area contributed by atoms with Gasteiger partial charge in [-0.2, -0.15) is 0 Å². The second-order valence-corrected chi connectivity index (χ2v) is 6.65. The Morgan fingerprint density at radius 2 is 1.76 bits per heavy atom. The number of likely N-dealkylation sites (tertiary alicyclic amines) is 1. The van der Waals surface area contributed by atoms with E-state index in [-0.39, 0.29) is 5.91 Å². The van der Waals surface area contributed by atoms with Crippen molar-refractivity contribution >= 4 is 11.6 Å². The molecule has 3 rings (SSSR count). The van der Waals surface area contributed by atoms with Gasteiger partial charge < -0.3 is 10.2 Å². The summed E-state index contributed by atoms with van der Waals surface area (Å²) in [5.74, 6) is 0.0672. The highest BCUT2D eigenvalue weighted by Gasteiger charge is 2.18. The van der Waals surface area contributed by atoms with Crippen molar-refractivity contribution in [3.8, 4) is 0 Å². The summed E-state index contributed by atoms with van der Waals surface area (Å²) in [7, 11) is 0. The average molecular weight is 337 g/mol. The molecule has 0 unspecified atom stereocenters. The van der Waals surface area contributed by atoms with Crippen LogP contribution in [0.1, 0.15) is 48.2 Å². The normalized spacial score (nSPS) is 14.8. The van der Waals surface area contributed by atoms with Crippen LogP contribution in [-0.2, 0) is 6.42 Å². The Balaban J connectivity index is 1.45. The molecule has 1 aromatic heterocycles. The van der Waals surface area contributed by atoms with E-state index in [0.717, 1.165) is 51.0 Å². The molecule has 0 spiro atoms. The zero-order valence-corrected chi connectivity index (χ0v) is 14.8. The SMILES string of the molecule is O=C(c1ccc(NCCCc2ccccc2)cn1)N1CCCCCC1. The molecule has 4 heteroatoms. The average Bonchev–Trinajstić information content (AvgIpc) is 2.95. The molecule has 25 heavy (non-hydrogen) atoms. The van der Waals surface area contributed by atoms with Crippen LogP contribution in [0, 0.1) is 0 Å². The first kappa shape index (κ1) is 17.5. The summed E-state index contributed by atoms with van der Waals surface area (Å²) in [6.45, 7) is 2.62. The van der Waals surface area contributed by atoms with Gasteiger partial charge in [0.15, 0.2) is 0 Å². The summed E-state index contributed by atoms with van der Waals surface area (Å²) in [5, 5.41) is 3.38. The van der Waals surface area contributed by atoms with Crippen molar-refractivity contribution in [1.82, 2.24) is 9.88 Å². The number of carbonyl (C=O) groups is 1. The standard InChI is InChI=1S/C21H27N3O/c25-21(24-15-6-1-2-7-16-24)20-13-12-19(17-23-20)22-14-8-11-18-9-4-3-5-10-18/h3-5,9-10,12-13,17,22H,1-2,6-8,11,14-16H2. The van der Waals surface area contributed by atoms with Crippen LogP contribution >= 0.6 is 0 Å². The van der Waals surface area contributed by atoms with Gasteiger partial charge in [-0.25, -0.2) is 4.98 Å². The van der Waals surface area contributed by atoms with E-state index in [4.69, 9.17) is 0 Å². The lowest BCUT2D eigenvalue weighted by Gasteiger charge is -2.19. The van der Waals surface area contributed by atoms with E-state index in [1.165, 1.54) is 18.4 Å². The minimum atomic E-state index is 0.0672. The zero-order valence-electron chi connectivity index (χ0n) is 14.8. The van der Waals surface area contributed by atoms with Crippen molar-refractivity contribution in [2.45, 2.75) is 38.5 Å². The number of hydrogen-bond acceptors (Lipinski definition) is 3. The first-order chi connectivity index (χ1) is 12.3. The van der Waals surface area contributed by atoms with Gasteiger partial charge in [-0.05, 0) is 43.4 Å². The fraction of sp³-hybridized carbons (Fsp3) is 0.429. The van der Waals surface area contributed by atoms with Crippen molar-refractivity contribution in [3.63, 3.8) is 0 Å². The Morgan fingerprint density at radius 1 is 1.00 bits per heavy atom. The maximum Gasteiger partial charge on any atom is 0.272 e. The molecule has 1 fully saturated rings. The summed E-state index contributed by atoms with van der Waals surface area (Å²) in [6, 6.07) is 14.3. The van der Waals surface area contributed by atoms with Crippen LogP contribution in [-0.4, -0.2) is 35.4 Å². The fourth-order valence-electron chi connectivity index (χ4n) is 3.23. The molecule has 0 aliphatic carbocycles. The molecule has 1 saturated heterocycles. The maximum atomic E-state index is 12.5. The highest BCUT2D eigenvalue weighted by Crippen LogP contribution is 2.14. The third-order valence-electron chi connectivity index (χ3n) is 4.69. The van der Waals surface area contributed by atoms with Gasteiger partial charge >= 0.3 is 0 Å². The maximum absolute atomic E-state index is 12.5. The Labute approximate surface area is 150 Å². The molecule has 132 valence electrons. The van der Waals surface area contributed by atoms with Gasteiger partial charge in [0.25, 0.3) is 5.91 Å². The zero-order chi connectivity index (χ0) is 17.3. The molecular formula is C21H27N3O. The second kappa shape index (κ2) is 9.21. The lowest BCUT2D eigenvalue weighted by molar-refractivity contribution is 0.0756. The number of aromatic nitrogens is 1. The van der Waals surface area contributed by atoms with Gasteiger partial charge in [0, 0.05) is 19.6 Å². The van der Waals surface area contributed by atoms with E-state index < -0.39 is 0 Å².